The summed E-state index contributed by atoms with van der Waals surface area (Å²) < 4.78 is 0. The molecular formula is C20H19N5. The lowest BCUT2D eigenvalue weighted by atomic mass is 10.1. The van der Waals surface area contributed by atoms with Crippen LogP contribution in [-0.2, 0) is 0 Å². The second-order valence-electron chi connectivity index (χ2n) is 6.40. The number of rotatable bonds is 1. The van der Waals surface area contributed by atoms with Crippen LogP contribution in [0, 0.1) is 23.2 Å². The Morgan fingerprint density at radius 3 is 2.80 bits per heavy atom. The van der Waals surface area contributed by atoms with Crippen molar-refractivity contribution in [3.8, 4) is 17.9 Å². The molecule has 0 saturated carbocycles. The molecular weight excluding hydrogens is 310 g/mol. The molecule has 4 rings (SSSR count). The first-order chi connectivity index (χ1) is 12.3. The van der Waals surface area contributed by atoms with Gasteiger partial charge in [-0.2, -0.15) is 5.26 Å². The maximum atomic E-state index is 9.31. The van der Waals surface area contributed by atoms with Gasteiger partial charge in [0.2, 0.25) is 0 Å². The number of hydrogen-bond donors (Lipinski definition) is 0. The smallest absolute Gasteiger partial charge is 0.146 e. The van der Waals surface area contributed by atoms with E-state index in [1.807, 2.05) is 30.3 Å². The quantitative estimate of drug-likeness (QED) is 0.750. The molecule has 124 valence electrons. The van der Waals surface area contributed by atoms with Crippen LogP contribution in [0.4, 0.5) is 5.82 Å². The number of nitrogens with zero attached hydrogens (tertiary/aromatic N) is 5. The Morgan fingerprint density at radius 2 is 1.96 bits per heavy atom. The lowest BCUT2D eigenvalue weighted by Gasteiger charge is -2.39. The zero-order valence-corrected chi connectivity index (χ0v) is 14.0. The average molecular weight is 329 g/mol. The van der Waals surface area contributed by atoms with Crippen LogP contribution in [-0.4, -0.2) is 46.6 Å². The first kappa shape index (κ1) is 15.6. The van der Waals surface area contributed by atoms with Crippen LogP contribution in [0.5, 0.6) is 0 Å². The molecule has 1 unspecified atom stereocenters. The first-order valence-electron chi connectivity index (χ1n) is 8.63. The highest BCUT2D eigenvalue weighted by Gasteiger charge is 2.37. The van der Waals surface area contributed by atoms with Crippen molar-refractivity contribution in [1.29, 1.82) is 5.26 Å². The van der Waals surface area contributed by atoms with Gasteiger partial charge in [-0.15, -0.1) is 0 Å². The molecule has 25 heavy (non-hydrogen) atoms. The molecule has 0 spiro atoms. The predicted octanol–water partition coefficient (Wildman–Crippen LogP) is 2.05. The number of aromatic nitrogens is 2. The van der Waals surface area contributed by atoms with Crippen LogP contribution in [0.25, 0.3) is 0 Å². The Balaban J connectivity index is 1.47. The van der Waals surface area contributed by atoms with E-state index in [2.05, 4.69) is 37.7 Å². The first-order valence-corrected chi connectivity index (χ1v) is 8.63. The monoisotopic (exact) mass is 329 g/mol. The predicted molar refractivity (Wildman–Crippen MR) is 95.8 cm³/mol. The number of hydrogen-bond acceptors (Lipinski definition) is 5. The third-order valence-corrected chi connectivity index (χ3v) is 4.94. The van der Waals surface area contributed by atoms with Crippen molar-refractivity contribution >= 4 is 5.82 Å². The Labute approximate surface area is 147 Å². The van der Waals surface area contributed by atoms with Crippen molar-refractivity contribution in [2.75, 3.05) is 24.5 Å². The van der Waals surface area contributed by atoms with E-state index in [0.29, 0.717) is 17.6 Å². The molecule has 2 atom stereocenters. The van der Waals surface area contributed by atoms with Crippen LogP contribution in [0.2, 0.25) is 0 Å². The minimum atomic E-state index is 0.299. The van der Waals surface area contributed by atoms with Gasteiger partial charge in [0.1, 0.15) is 17.6 Å². The number of piperazine rings is 1. The summed E-state index contributed by atoms with van der Waals surface area (Å²) in [6.07, 6.45) is 5.76. The fraction of sp³-hybridized carbons (Fsp3) is 0.350. The number of pyridine rings is 2. The second kappa shape index (κ2) is 6.93. The molecule has 0 radical (unpaired) electrons. The summed E-state index contributed by atoms with van der Waals surface area (Å²) in [5.41, 5.74) is 1.48. The lowest BCUT2D eigenvalue weighted by molar-refractivity contribution is 0.202. The fourth-order valence-electron chi connectivity index (χ4n) is 3.73. The topological polar surface area (TPSA) is 56.1 Å². The van der Waals surface area contributed by atoms with Gasteiger partial charge in [0.25, 0.3) is 0 Å². The van der Waals surface area contributed by atoms with Crippen molar-refractivity contribution in [3.63, 3.8) is 0 Å². The minimum Gasteiger partial charge on any atom is -0.353 e. The number of fused-ring (bicyclic) bond motifs is 1. The lowest BCUT2D eigenvalue weighted by Crippen LogP contribution is -2.52. The van der Waals surface area contributed by atoms with Crippen LogP contribution in [0.3, 0.4) is 0 Å². The van der Waals surface area contributed by atoms with E-state index < -0.39 is 0 Å². The summed E-state index contributed by atoms with van der Waals surface area (Å²) in [5, 5.41) is 9.31. The van der Waals surface area contributed by atoms with E-state index in [4.69, 9.17) is 0 Å². The van der Waals surface area contributed by atoms with Crippen LogP contribution in [0.1, 0.15) is 24.1 Å². The minimum absolute atomic E-state index is 0.299. The summed E-state index contributed by atoms with van der Waals surface area (Å²) in [6.45, 7) is 2.74. The Hall–Kier alpha value is -2.89. The molecule has 0 bridgehead atoms. The highest BCUT2D eigenvalue weighted by Crippen LogP contribution is 2.29. The summed E-state index contributed by atoms with van der Waals surface area (Å²) in [5.74, 6) is 7.42. The van der Waals surface area contributed by atoms with Crippen molar-refractivity contribution in [2.24, 2.45) is 0 Å². The van der Waals surface area contributed by atoms with Crippen LogP contribution < -0.4 is 4.90 Å². The van der Waals surface area contributed by atoms with E-state index in [0.717, 1.165) is 44.0 Å². The van der Waals surface area contributed by atoms with E-state index >= 15 is 0 Å². The molecule has 2 aromatic heterocycles. The third kappa shape index (κ3) is 3.20. The van der Waals surface area contributed by atoms with Gasteiger partial charge in [-0.25, -0.2) is 9.97 Å². The Kier molecular flexibility index (Phi) is 4.33. The maximum absolute atomic E-state index is 9.31. The number of anilines is 1. The zero-order valence-electron chi connectivity index (χ0n) is 14.0. The van der Waals surface area contributed by atoms with Crippen molar-refractivity contribution in [1.82, 2.24) is 14.9 Å². The maximum Gasteiger partial charge on any atom is 0.146 e. The summed E-state index contributed by atoms with van der Waals surface area (Å²) >= 11 is 0. The highest BCUT2D eigenvalue weighted by atomic mass is 15.3. The summed E-state index contributed by atoms with van der Waals surface area (Å²) in [4.78, 5) is 13.5. The zero-order chi connectivity index (χ0) is 17.1. The van der Waals surface area contributed by atoms with Gasteiger partial charge in [0, 0.05) is 38.1 Å². The standard InChI is InChI=1S/C20H19N5/c21-14-16-4-3-11-23-20(16)24-12-13-25-18(8-9-19(25)15-24)7-6-17-5-1-2-10-22-17/h1-5,10-11,18-19H,8-9,12-13,15H2/t18?,19-/m0/s1. The molecule has 0 aliphatic carbocycles. The Morgan fingerprint density at radius 1 is 1.04 bits per heavy atom. The van der Waals surface area contributed by atoms with Crippen molar-refractivity contribution in [3.05, 3.63) is 54.0 Å². The normalized spacial score (nSPS) is 22.6. The molecule has 5 nitrogen and oxygen atoms in total. The van der Waals surface area contributed by atoms with Gasteiger partial charge in [0.15, 0.2) is 0 Å². The molecule has 2 aliphatic heterocycles. The van der Waals surface area contributed by atoms with Gasteiger partial charge in [-0.05, 0) is 43.0 Å². The molecule has 2 aliphatic rings. The molecule has 5 heteroatoms. The third-order valence-electron chi connectivity index (χ3n) is 4.94. The Bertz CT molecular complexity index is 846. The molecule has 2 aromatic rings. The SMILES string of the molecule is N#Cc1cccnc1N1CCN2C(C#Cc3ccccn3)CC[C@H]2C1. The molecule has 0 amide bonds. The molecule has 4 heterocycles. The van der Waals surface area contributed by atoms with Gasteiger partial charge in [-0.3, -0.25) is 4.90 Å². The summed E-state index contributed by atoms with van der Waals surface area (Å²) in [7, 11) is 0. The van der Waals surface area contributed by atoms with E-state index in [9.17, 15) is 5.26 Å². The van der Waals surface area contributed by atoms with Crippen LogP contribution >= 0.6 is 0 Å². The average Bonchev–Trinajstić information content (AvgIpc) is 3.09. The second-order valence-corrected chi connectivity index (χ2v) is 6.40. The van der Waals surface area contributed by atoms with Crippen molar-refractivity contribution < 1.29 is 0 Å². The summed E-state index contributed by atoms with van der Waals surface area (Å²) in [6, 6.07) is 12.5. The molecule has 0 aromatic carbocycles. The van der Waals surface area contributed by atoms with E-state index in [1.54, 1.807) is 12.4 Å². The van der Waals surface area contributed by atoms with Gasteiger partial charge < -0.3 is 4.90 Å². The van der Waals surface area contributed by atoms with Crippen molar-refractivity contribution in [2.45, 2.75) is 24.9 Å². The van der Waals surface area contributed by atoms with E-state index in [1.165, 1.54) is 0 Å². The van der Waals surface area contributed by atoms with Gasteiger partial charge in [-0.1, -0.05) is 12.0 Å². The van der Waals surface area contributed by atoms with Gasteiger partial charge in [0.05, 0.1) is 11.6 Å². The number of nitriles is 1. The molecule has 2 fully saturated rings. The van der Waals surface area contributed by atoms with Gasteiger partial charge >= 0.3 is 0 Å². The highest BCUT2D eigenvalue weighted by molar-refractivity contribution is 5.54. The largest absolute Gasteiger partial charge is 0.353 e. The van der Waals surface area contributed by atoms with E-state index in [-0.39, 0.29) is 0 Å². The fourth-order valence-corrected chi connectivity index (χ4v) is 3.73. The van der Waals surface area contributed by atoms with Crippen LogP contribution in [0.15, 0.2) is 42.7 Å². The molecule has 0 N–H and O–H groups in total. The molecule has 2 saturated heterocycles.